The molecule has 2 amide bonds. The molecule has 1 aromatic carbocycles. The third kappa shape index (κ3) is 7.66. The van der Waals surface area contributed by atoms with E-state index in [1.54, 1.807) is 21.7 Å². The molecule has 1 aromatic heterocycles. The highest BCUT2D eigenvalue weighted by Gasteiger charge is 2.23. The molecule has 176 valence electrons. The average molecular weight is 461 g/mol. The standard InChI is InChI=1S/C25H37ClN4O2/c1-7-8-9-10-24(32)29(16-18(2)3)17-23(31)27-22-15-21(25(4,5)6)28-30(22)20-13-11-19(26)12-14-20/h11-15,18H,7-10,16-17H2,1-6H3,(H,27,31). The predicted molar refractivity (Wildman–Crippen MR) is 131 cm³/mol. The molecule has 1 heterocycles. The van der Waals surface area contributed by atoms with Gasteiger partial charge in [0.05, 0.1) is 17.9 Å². The maximum absolute atomic E-state index is 13.0. The number of unbranched alkanes of at least 4 members (excludes halogenated alkanes) is 2. The lowest BCUT2D eigenvalue weighted by molar-refractivity contribution is -0.135. The van der Waals surface area contributed by atoms with Gasteiger partial charge in [0.1, 0.15) is 5.82 Å². The molecule has 2 aromatic rings. The Hall–Kier alpha value is -2.34. The zero-order valence-electron chi connectivity index (χ0n) is 20.2. The lowest BCUT2D eigenvalue weighted by atomic mass is 9.92. The normalized spacial score (nSPS) is 11.6. The molecule has 0 bridgehead atoms. The van der Waals surface area contributed by atoms with Crippen LogP contribution in [0.1, 0.15) is 72.9 Å². The number of rotatable bonds is 10. The van der Waals surface area contributed by atoms with Gasteiger partial charge in [-0.3, -0.25) is 9.59 Å². The third-order valence-corrected chi connectivity index (χ3v) is 5.34. The fourth-order valence-electron chi connectivity index (χ4n) is 3.35. The van der Waals surface area contributed by atoms with Crippen molar-refractivity contribution in [2.24, 2.45) is 5.92 Å². The van der Waals surface area contributed by atoms with Crippen LogP contribution in [0.25, 0.3) is 5.69 Å². The van der Waals surface area contributed by atoms with Gasteiger partial charge in [-0.2, -0.15) is 5.10 Å². The number of hydrogen-bond donors (Lipinski definition) is 1. The molecule has 0 fully saturated rings. The van der Waals surface area contributed by atoms with Crippen LogP contribution in [0.5, 0.6) is 0 Å². The molecule has 0 saturated carbocycles. The van der Waals surface area contributed by atoms with Gasteiger partial charge in [-0.25, -0.2) is 4.68 Å². The summed E-state index contributed by atoms with van der Waals surface area (Å²) in [4.78, 5) is 27.4. The van der Waals surface area contributed by atoms with Gasteiger partial charge in [0.15, 0.2) is 0 Å². The first-order valence-electron chi connectivity index (χ1n) is 11.4. The summed E-state index contributed by atoms with van der Waals surface area (Å²) < 4.78 is 1.71. The minimum atomic E-state index is -0.231. The number of nitrogens with zero attached hydrogens (tertiary/aromatic N) is 3. The van der Waals surface area contributed by atoms with Gasteiger partial charge in [0.25, 0.3) is 0 Å². The van der Waals surface area contributed by atoms with Gasteiger partial charge >= 0.3 is 0 Å². The van der Waals surface area contributed by atoms with Crippen molar-refractivity contribution in [2.45, 2.75) is 72.6 Å². The van der Waals surface area contributed by atoms with Gasteiger partial charge in [-0.15, -0.1) is 0 Å². The molecule has 0 aliphatic rings. The van der Waals surface area contributed by atoms with Crippen LogP contribution in [0.4, 0.5) is 5.82 Å². The summed E-state index contributed by atoms with van der Waals surface area (Å²) in [5.41, 5.74) is 1.48. The first-order valence-corrected chi connectivity index (χ1v) is 11.8. The van der Waals surface area contributed by atoms with E-state index in [2.05, 4.69) is 46.9 Å². The molecule has 0 unspecified atom stereocenters. The van der Waals surface area contributed by atoms with Crippen LogP contribution < -0.4 is 5.32 Å². The highest BCUT2D eigenvalue weighted by molar-refractivity contribution is 6.30. The number of benzene rings is 1. The lowest BCUT2D eigenvalue weighted by Crippen LogP contribution is -2.40. The summed E-state index contributed by atoms with van der Waals surface area (Å²) in [5, 5.41) is 8.33. The maximum atomic E-state index is 13.0. The van der Waals surface area contributed by atoms with Gasteiger partial charge in [-0.1, -0.05) is 66.0 Å². The predicted octanol–water partition coefficient (Wildman–Crippen LogP) is 5.83. The highest BCUT2D eigenvalue weighted by Crippen LogP contribution is 2.27. The summed E-state index contributed by atoms with van der Waals surface area (Å²) in [6, 6.07) is 9.20. The van der Waals surface area contributed by atoms with Crippen LogP contribution in [0, 0.1) is 5.92 Å². The van der Waals surface area contributed by atoms with Crippen LogP contribution in [0.3, 0.4) is 0 Å². The van der Waals surface area contributed by atoms with Crippen molar-refractivity contribution in [2.75, 3.05) is 18.4 Å². The van der Waals surface area contributed by atoms with E-state index >= 15 is 0 Å². The van der Waals surface area contributed by atoms with E-state index in [-0.39, 0.29) is 29.7 Å². The number of anilines is 1. The average Bonchev–Trinajstić information content (AvgIpc) is 3.12. The summed E-state index contributed by atoms with van der Waals surface area (Å²) in [7, 11) is 0. The first-order chi connectivity index (χ1) is 15.0. The Balaban J connectivity index is 2.23. The fraction of sp³-hybridized carbons (Fsp3) is 0.560. The van der Waals surface area contributed by atoms with E-state index in [4.69, 9.17) is 16.7 Å². The number of amides is 2. The fourth-order valence-corrected chi connectivity index (χ4v) is 3.48. The van der Waals surface area contributed by atoms with Crippen molar-refractivity contribution < 1.29 is 9.59 Å². The Kier molecular flexibility index (Phi) is 9.32. The molecule has 1 N–H and O–H groups in total. The van der Waals surface area contributed by atoms with Crippen LogP contribution >= 0.6 is 11.6 Å². The van der Waals surface area contributed by atoms with E-state index in [1.165, 1.54) is 0 Å². The van der Waals surface area contributed by atoms with Crippen LogP contribution in [0.15, 0.2) is 30.3 Å². The SMILES string of the molecule is CCCCCC(=O)N(CC(=O)Nc1cc(C(C)(C)C)nn1-c1ccc(Cl)cc1)CC(C)C. The molecule has 7 heteroatoms. The third-order valence-electron chi connectivity index (χ3n) is 5.08. The highest BCUT2D eigenvalue weighted by atomic mass is 35.5. The van der Waals surface area contributed by atoms with Gasteiger partial charge < -0.3 is 10.2 Å². The number of carbonyl (C=O) groups is 2. The summed E-state index contributed by atoms with van der Waals surface area (Å²) >= 11 is 6.04. The molecular weight excluding hydrogens is 424 g/mol. The van der Waals surface area contributed by atoms with Crippen molar-refractivity contribution in [1.82, 2.24) is 14.7 Å². The molecule has 0 saturated heterocycles. The van der Waals surface area contributed by atoms with Crippen molar-refractivity contribution in [3.63, 3.8) is 0 Å². The Bertz CT molecular complexity index is 898. The summed E-state index contributed by atoms with van der Waals surface area (Å²) in [6.45, 7) is 13.0. The topological polar surface area (TPSA) is 67.2 Å². The number of halogens is 1. The van der Waals surface area contributed by atoms with Crippen LogP contribution in [-0.2, 0) is 15.0 Å². The number of nitrogens with one attached hydrogen (secondary N) is 1. The van der Waals surface area contributed by atoms with E-state index in [1.807, 2.05) is 18.2 Å². The first kappa shape index (κ1) is 25.9. The molecule has 2 rings (SSSR count). The zero-order valence-corrected chi connectivity index (χ0v) is 21.0. The second-order valence-electron chi connectivity index (χ2n) is 9.73. The van der Waals surface area contributed by atoms with Crippen molar-refractivity contribution in [3.8, 4) is 5.69 Å². The molecule has 0 spiro atoms. The smallest absolute Gasteiger partial charge is 0.245 e. The Morgan fingerprint density at radius 3 is 2.38 bits per heavy atom. The number of aromatic nitrogens is 2. The second-order valence-corrected chi connectivity index (χ2v) is 10.2. The van der Waals surface area contributed by atoms with E-state index in [9.17, 15) is 9.59 Å². The van der Waals surface area contributed by atoms with Crippen molar-refractivity contribution >= 4 is 29.2 Å². The van der Waals surface area contributed by atoms with Gasteiger partial charge in [-0.05, 0) is 36.6 Å². The molecule has 32 heavy (non-hydrogen) atoms. The molecule has 0 aliphatic carbocycles. The van der Waals surface area contributed by atoms with Gasteiger partial charge in [0.2, 0.25) is 11.8 Å². The molecular formula is C25H37ClN4O2. The largest absolute Gasteiger partial charge is 0.333 e. The maximum Gasteiger partial charge on any atom is 0.245 e. The lowest BCUT2D eigenvalue weighted by Gasteiger charge is -2.24. The summed E-state index contributed by atoms with van der Waals surface area (Å²) in [6.07, 6.45) is 3.40. The quantitative estimate of drug-likeness (QED) is 0.454. The Morgan fingerprint density at radius 1 is 1.16 bits per heavy atom. The van der Waals surface area contributed by atoms with Crippen LogP contribution in [0.2, 0.25) is 5.02 Å². The second kappa shape index (κ2) is 11.5. The Morgan fingerprint density at radius 2 is 1.81 bits per heavy atom. The molecule has 0 aliphatic heterocycles. The monoisotopic (exact) mass is 460 g/mol. The van der Waals surface area contributed by atoms with E-state index < -0.39 is 0 Å². The molecule has 6 nitrogen and oxygen atoms in total. The van der Waals surface area contributed by atoms with Crippen molar-refractivity contribution in [1.29, 1.82) is 0 Å². The van der Waals surface area contributed by atoms with Gasteiger partial charge in [0, 0.05) is 29.5 Å². The minimum absolute atomic E-state index is 0.0276. The number of carbonyl (C=O) groups excluding carboxylic acids is 2. The molecule has 0 atom stereocenters. The Labute approximate surface area is 197 Å². The molecule has 0 radical (unpaired) electrons. The van der Waals surface area contributed by atoms with Crippen molar-refractivity contribution in [3.05, 3.63) is 41.0 Å². The van der Waals surface area contributed by atoms with Crippen LogP contribution in [-0.4, -0.2) is 39.6 Å². The minimum Gasteiger partial charge on any atom is -0.333 e. The van der Waals surface area contributed by atoms with E-state index in [0.29, 0.717) is 23.8 Å². The van der Waals surface area contributed by atoms with E-state index in [0.717, 1.165) is 30.6 Å². The summed E-state index contributed by atoms with van der Waals surface area (Å²) in [5.74, 6) is 0.657. The zero-order chi connectivity index (χ0) is 23.9. The number of hydrogen-bond acceptors (Lipinski definition) is 3.